The van der Waals surface area contributed by atoms with Gasteiger partial charge in [-0.2, -0.15) is 0 Å². The number of nitrogens with one attached hydrogen (secondary N) is 1. The minimum Gasteiger partial charge on any atom is -0.316 e. The summed E-state index contributed by atoms with van der Waals surface area (Å²) < 4.78 is 0. The Morgan fingerprint density at radius 1 is 1.00 bits per heavy atom. The topological polar surface area (TPSA) is 12.0 Å². The molecule has 0 aromatic carbocycles. The van der Waals surface area contributed by atoms with Crippen LogP contribution < -0.4 is 5.32 Å². The van der Waals surface area contributed by atoms with Crippen molar-refractivity contribution in [1.29, 1.82) is 0 Å². The Morgan fingerprint density at radius 3 is 2.73 bits per heavy atom. The quantitative estimate of drug-likeness (QED) is 0.681. The maximum Gasteiger partial charge on any atom is 0.00202 e. The van der Waals surface area contributed by atoms with Gasteiger partial charge in [-0.1, -0.05) is 44.3 Å². The van der Waals surface area contributed by atoms with Gasteiger partial charge in [-0.25, -0.2) is 0 Å². The van der Waals surface area contributed by atoms with Crippen molar-refractivity contribution in [3.63, 3.8) is 0 Å². The highest BCUT2D eigenvalue weighted by Crippen LogP contribution is 2.51. The van der Waals surface area contributed by atoms with Gasteiger partial charge >= 0.3 is 0 Å². The summed E-state index contributed by atoms with van der Waals surface area (Å²) in [6, 6.07) is 0. The van der Waals surface area contributed by atoms with Crippen molar-refractivity contribution in [2.75, 3.05) is 13.1 Å². The van der Waals surface area contributed by atoms with Crippen LogP contribution in [0.2, 0.25) is 0 Å². The summed E-state index contributed by atoms with van der Waals surface area (Å²) in [7, 11) is 0. The fraction of sp³-hybridized carbons (Fsp3) is 0.905. The zero-order valence-electron chi connectivity index (χ0n) is 14.6. The van der Waals surface area contributed by atoms with E-state index in [-0.39, 0.29) is 0 Å². The zero-order valence-corrected chi connectivity index (χ0v) is 14.6. The maximum atomic E-state index is 3.67. The van der Waals surface area contributed by atoms with E-state index in [0.29, 0.717) is 5.41 Å². The van der Waals surface area contributed by atoms with Crippen LogP contribution in [-0.2, 0) is 0 Å². The van der Waals surface area contributed by atoms with E-state index in [0.717, 1.165) is 23.7 Å². The van der Waals surface area contributed by atoms with E-state index in [2.05, 4.69) is 18.3 Å². The third kappa shape index (κ3) is 2.79. The lowest BCUT2D eigenvalue weighted by Crippen LogP contribution is -2.35. The van der Waals surface area contributed by atoms with Crippen LogP contribution >= 0.6 is 0 Å². The van der Waals surface area contributed by atoms with Gasteiger partial charge in [-0.05, 0) is 80.6 Å². The molecule has 3 fully saturated rings. The summed E-state index contributed by atoms with van der Waals surface area (Å²) in [5.74, 6) is 3.81. The maximum absolute atomic E-state index is 3.67. The second-order valence-corrected chi connectivity index (χ2v) is 9.08. The summed E-state index contributed by atoms with van der Waals surface area (Å²) in [6.07, 6.45) is 19.0. The first-order valence-corrected chi connectivity index (χ1v) is 10.2. The minimum atomic E-state index is 0.680. The van der Waals surface area contributed by atoms with Gasteiger partial charge in [-0.3, -0.25) is 0 Å². The Hall–Kier alpha value is -0.300. The van der Waals surface area contributed by atoms with Crippen LogP contribution in [0.1, 0.15) is 77.6 Å². The van der Waals surface area contributed by atoms with Gasteiger partial charge < -0.3 is 5.32 Å². The van der Waals surface area contributed by atoms with Crippen LogP contribution in [0, 0.1) is 29.1 Å². The highest BCUT2D eigenvalue weighted by molar-refractivity contribution is 5.19. The minimum absolute atomic E-state index is 0.680. The normalized spacial score (nSPS) is 41.8. The van der Waals surface area contributed by atoms with Crippen molar-refractivity contribution in [1.82, 2.24) is 5.32 Å². The van der Waals surface area contributed by atoms with E-state index in [9.17, 15) is 0 Å². The highest BCUT2D eigenvalue weighted by atomic mass is 14.9. The van der Waals surface area contributed by atoms with E-state index >= 15 is 0 Å². The Balaban J connectivity index is 1.47. The largest absolute Gasteiger partial charge is 0.316 e. The fourth-order valence-electron chi connectivity index (χ4n) is 6.40. The third-order valence-electron chi connectivity index (χ3n) is 7.81. The molecule has 1 N–H and O–H groups in total. The predicted molar refractivity (Wildman–Crippen MR) is 93.8 cm³/mol. The summed E-state index contributed by atoms with van der Waals surface area (Å²) >= 11 is 0. The molecule has 0 bridgehead atoms. The molecule has 22 heavy (non-hydrogen) atoms. The molecule has 3 aliphatic carbocycles. The van der Waals surface area contributed by atoms with Gasteiger partial charge in [0, 0.05) is 6.54 Å². The van der Waals surface area contributed by atoms with Crippen molar-refractivity contribution in [3.8, 4) is 0 Å². The second kappa shape index (κ2) is 6.30. The molecule has 0 amide bonds. The van der Waals surface area contributed by atoms with Crippen molar-refractivity contribution >= 4 is 0 Å². The van der Waals surface area contributed by atoms with Crippen molar-refractivity contribution in [3.05, 3.63) is 11.6 Å². The van der Waals surface area contributed by atoms with Gasteiger partial charge in [0.2, 0.25) is 0 Å². The molecule has 1 aliphatic heterocycles. The molecule has 4 rings (SSSR count). The lowest BCUT2D eigenvalue weighted by atomic mass is 9.59. The van der Waals surface area contributed by atoms with E-state index in [1.54, 1.807) is 0 Å². The Kier molecular flexibility index (Phi) is 4.37. The lowest BCUT2D eigenvalue weighted by molar-refractivity contribution is 0.0712. The number of allylic oxidation sites excluding steroid dienone is 1. The molecule has 0 spiro atoms. The van der Waals surface area contributed by atoms with Crippen LogP contribution in [0.5, 0.6) is 0 Å². The lowest BCUT2D eigenvalue weighted by Gasteiger charge is -2.46. The average Bonchev–Trinajstić information content (AvgIpc) is 3.04. The number of hydrogen-bond acceptors (Lipinski definition) is 1. The summed E-state index contributed by atoms with van der Waals surface area (Å²) in [4.78, 5) is 0. The van der Waals surface area contributed by atoms with Gasteiger partial charge in [0.25, 0.3) is 0 Å². The molecule has 1 saturated heterocycles. The van der Waals surface area contributed by atoms with Crippen molar-refractivity contribution < 1.29 is 0 Å². The van der Waals surface area contributed by atoms with Gasteiger partial charge in [0.05, 0.1) is 0 Å². The van der Waals surface area contributed by atoms with Crippen LogP contribution in [0.15, 0.2) is 11.6 Å². The number of rotatable bonds is 2. The van der Waals surface area contributed by atoms with E-state index in [4.69, 9.17) is 0 Å². The smallest absolute Gasteiger partial charge is 0.00202 e. The Morgan fingerprint density at radius 2 is 1.86 bits per heavy atom. The molecule has 0 radical (unpaired) electrons. The average molecular weight is 302 g/mol. The SMILES string of the molecule is CC1(C2CCCC(C3=CCCC4CNCC34)C2)CCCCC1. The number of hydrogen-bond donors (Lipinski definition) is 1. The first kappa shape index (κ1) is 15.2. The summed E-state index contributed by atoms with van der Waals surface area (Å²) in [6.45, 7) is 5.19. The molecule has 4 aliphatic rings. The predicted octanol–water partition coefficient (Wildman–Crippen LogP) is 5.32. The molecule has 4 unspecified atom stereocenters. The van der Waals surface area contributed by atoms with Crippen molar-refractivity contribution in [2.45, 2.75) is 77.6 Å². The molecular weight excluding hydrogens is 266 g/mol. The fourth-order valence-corrected chi connectivity index (χ4v) is 6.40. The molecule has 0 aromatic heterocycles. The van der Waals surface area contributed by atoms with Crippen molar-refractivity contribution in [2.24, 2.45) is 29.1 Å². The Bertz CT molecular complexity index is 418. The molecule has 0 aromatic rings. The molecule has 1 heteroatoms. The highest BCUT2D eigenvalue weighted by Gasteiger charge is 2.41. The molecular formula is C21H35N. The first-order valence-electron chi connectivity index (χ1n) is 10.2. The van der Waals surface area contributed by atoms with Crippen LogP contribution in [0.4, 0.5) is 0 Å². The monoisotopic (exact) mass is 301 g/mol. The van der Waals surface area contributed by atoms with Gasteiger partial charge in [-0.15, -0.1) is 0 Å². The summed E-state index contributed by atoms with van der Waals surface area (Å²) in [5, 5.41) is 3.67. The Labute approximate surface area is 137 Å². The van der Waals surface area contributed by atoms with Crippen LogP contribution in [-0.4, -0.2) is 13.1 Å². The molecule has 1 nitrogen and oxygen atoms in total. The standard InChI is InChI=1S/C21H35N/c1-21(11-3-2-4-12-21)18-9-5-7-16(13-18)19-10-6-8-17-14-22-15-20(17)19/h10,16-18,20,22H,2-9,11-15H2,1H3. The van der Waals surface area contributed by atoms with Gasteiger partial charge in [0.1, 0.15) is 0 Å². The third-order valence-corrected chi connectivity index (χ3v) is 7.81. The van der Waals surface area contributed by atoms with E-state index in [1.807, 2.05) is 5.57 Å². The van der Waals surface area contributed by atoms with Gasteiger partial charge in [0.15, 0.2) is 0 Å². The number of fused-ring (bicyclic) bond motifs is 1. The molecule has 124 valence electrons. The molecule has 2 saturated carbocycles. The molecule has 1 heterocycles. The summed E-state index contributed by atoms with van der Waals surface area (Å²) in [5.41, 5.74) is 2.57. The van der Waals surface area contributed by atoms with Crippen LogP contribution in [0.3, 0.4) is 0 Å². The van der Waals surface area contributed by atoms with E-state index < -0.39 is 0 Å². The van der Waals surface area contributed by atoms with Crippen LogP contribution in [0.25, 0.3) is 0 Å². The molecule has 4 atom stereocenters. The second-order valence-electron chi connectivity index (χ2n) is 9.08. The van der Waals surface area contributed by atoms with E-state index in [1.165, 1.54) is 83.7 Å². The zero-order chi connectivity index (χ0) is 15.0. The first-order chi connectivity index (χ1) is 10.8.